The van der Waals surface area contributed by atoms with Crippen LogP contribution in [-0.2, 0) is 9.59 Å². The summed E-state index contributed by atoms with van der Waals surface area (Å²) in [5, 5.41) is 0. The smallest absolute Gasteiger partial charge is 0.140 e. The predicted octanol–water partition coefficient (Wildman–Crippen LogP) is 2.09. The molecule has 0 unspecified atom stereocenters. The monoisotopic (exact) mass is 205 g/mol. The molecule has 0 N–H and O–H groups in total. The molecule has 0 heterocycles. The summed E-state index contributed by atoms with van der Waals surface area (Å²) in [6, 6.07) is 0. The fourth-order valence-corrected chi connectivity index (χ4v) is 1.61. The first-order valence-corrected chi connectivity index (χ1v) is 4.98. The van der Waals surface area contributed by atoms with Gasteiger partial charge in [0.05, 0.1) is 6.42 Å². The fraction of sp³-hybridized carbons (Fsp3) is 0.417. The summed E-state index contributed by atoms with van der Waals surface area (Å²) < 4.78 is 0. The topological polar surface area (TPSA) is 46.5 Å². The number of hydrogen-bond acceptors (Lipinski definition) is 3. The fourth-order valence-electron chi connectivity index (χ4n) is 1.61. The standard InChI is InChI=1S/C12H15NO2/c1-3-4-5-13-9(2)10-6-11(14)8-12(15)7-10/h3-5,10H,1,6-8H2,2H3/b5-4-,13-9?. The molecule has 0 aliphatic heterocycles. The van der Waals surface area contributed by atoms with Gasteiger partial charge < -0.3 is 0 Å². The zero-order chi connectivity index (χ0) is 11.3. The van der Waals surface area contributed by atoms with Crippen molar-refractivity contribution in [2.45, 2.75) is 26.2 Å². The lowest BCUT2D eigenvalue weighted by Gasteiger charge is -2.19. The van der Waals surface area contributed by atoms with Crippen LogP contribution >= 0.6 is 0 Å². The molecule has 1 aliphatic rings. The minimum absolute atomic E-state index is 0.00628. The molecule has 15 heavy (non-hydrogen) atoms. The maximum Gasteiger partial charge on any atom is 0.140 e. The third-order valence-electron chi connectivity index (χ3n) is 2.43. The first-order valence-electron chi connectivity index (χ1n) is 4.98. The average Bonchev–Trinajstić information content (AvgIpc) is 2.16. The van der Waals surface area contributed by atoms with Crippen LogP contribution in [0.4, 0.5) is 0 Å². The van der Waals surface area contributed by atoms with Crippen LogP contribution in [0.5, 0.6) is 0 Å². The molecule has 0 aromatic rings. The van der Waals surface area contributed by atoms with E-state index in [9.17, 15) is 9.59 Å². The SMILES string of the molecule is C=C/C=C\N=C(C)C1CC(=O)CC(=O)C1. The van der Waals surface area contributed by atoms with Crippen molar-refractivity contribution in [3.63, 3.8) is 0 Å². The van der Waals surface area contributed by atoms with Gasteiger partial charge in [-0.15, -0.1) is 0 Å². The molecule has 0 aromatic heterocycles. The number of hydrogen-bond donors (Lipinski definition) is 0. The van der Waals surface area contributed by atoms with E-state index in [-0.39, 0.29) is 23.9 Å². The van der Waals surface area contributed by atoms with Crippen LogP contribution in [0, 0.1) is 5.92 Å². The first-order chi connectivity index (χ1) is 7.13. The van der Waals surface area contributed by atoms with Gasteiger partial charge in [-0.1, -0.05) is 12.7 Å². The van der Waals surface area contributed by atoms with E-state index in [0.29, 0.717) is 12.8 Å². The van der Waals surface area contributed by atoms with Gasteiger partial charge in [0.2, 0.25) is 0 Å². The van der Waals surface area contributed by atoms with Crippen molar-refractivity contribution >= 4 is 17.3 Å². The van der Waals surface area contributed by atoms with Crippen LogP contribution in [0.15, 0.2) is 29.9 Å². The van der Waals surface area contributed by atoms with Gasteiger partial charge in [-0.2, -0.15) is 0 Å². The summed E-state index contributed by atoms with van der Waals surface area (Å²) in [7, 11) is 0. The lowest BCUT2D eigenvalue weighted by molar-refractivity contribution is -0.130. The molecule has 0 amide bonds. The van der Waals surface area contributed by atoms with Crippen LogP contribution in [0.3, 0.4) is 0 Å². The van der Waals surface area contributed by atoms with Crippen molar-refractivity contribution in [2.75, 3.05) is 0 Å². The Balaban J connectivity index is 2.66. The molecule has 3 heteroatoms. The van der Waals surface area contributed by atoms with Crippen LogP contribution < -0.4 is 0 Å². The van der Waals surface area contributed by atoms with E-state index in [4.69, 9.17) is 0 Å². The number of carbonyl (C=O) groups is 2. The third kappa shape index (κ3) is 3.62. The molecule has 1 rings (SSSR count). The molecule has 0 bridgehead atoms. The van der Waals surface area contributed by atoms with E-state index in [1.54, 1.807) is 18.4 Å². The first kappa shape index (κ1) is 11.6. The zero-order valence-corrected chi connectivity index (χ0v) is 8.90. The van der Waals surface area contributed by atoms with Crippen molar-refractivity contribution in [1.29, 1.82) is 0 Å². The Labute approximate surface area is 89.6 Å². The molecule has 0 saturated heterocycles. The Hall–Kier alpha value is -1.51. The molecule has 0 spiro atoms. The van der Waals surface area contributed by atoms with Gasteiger partial charge in [-0.05, 0) is 13.0 Å². The Morgan fingerprint density at radius 2 is 2.00 bits per heavy atom. The van der Waals surface area contributed by atoms with Crippen LogP contribution in [0.25, 0.3) is 0 Å². The van der Waals surface area contributed by atoms with E-state index in [0.717, 1.165) is 5.71 Å². The van der Waals surface area contributed by atoms with Gasteiger partial charge in [-0.3, -0.25) is 14.6 Å². The second kappa shape index (κ2) is 5.39. The summed E-state index contributed by atoms with van der Waals surface area (Å²) >= 11 is 0. The number of allylic oxidation sites excluding steroid dienone is 2. The summed E-state index contributed by atoms with van der Waals surface area (Å²) in [4.78, 5) is 26.6. The average molecular weight is 205 g/mol. The van der Waals surface area contributed by atoms with Crippen molar-refractivity contribution in [3.8, 4) is 0 Å². The highest BCUT2D eigenvalue weighted by Crippen LogP contribution is 2.20. The lowest BCUT2D eigenvalue weighted by atomic mass is 9.84. The molecule has 1 fully saturated rings. The van der Waals surface area contributed by atoms with E-state index in [1.165, 1.54) is 0 Å². The van der Waals surface area contributed by atoms with Gasteiger partial charge in [0.25, 0.3) is 0 Å². The summed E-state index contributed by atoms with van der Waals surface area (Å²) in [6.07, 6.45) is 5.98. The molecule has 0 atom stereocenters. The molecular formula is C12H15NO2. The van der Waals surface area contributed by atoms with Crippen molar-refractivity contribution in [1.82, 2.24) is 0 Å². The third-order valence-corrected chi connectivity index (χ3v) is 2.43. The van der Waals surface area contributed by atoms with Gasteiger partial charge in [-0.25, -0.2) is 0 Å². The van der Waals surface area contributed by atoms with E-state index in [2.05, 4.69) is 11.6 Å². The molecular weight excluding hydrogens is 190 g/mol. The maximum absolute atomic E-state index is 11.2. The second-order valence-corrected chi connectivity index (χ2v) is 3.71. The summed E-state index contributed by atoms with van der Waals surface area (Å²) in [5.74, 6) is 0.0465. The number of ketones is 2. The van der Waals surface area contributed by atoms with E-state index < -0.39 is 0 Å². The normalized spacial score (nSPS) is 19.9. The molecule has 1 aliphatic carbocycles. The minimum Gasteiger partial charge on any atom is -0.299 e. The molecule has 1 saturated carbocycles. The molecule has 80 valence electrons. The Kier molecular flexibility index (Phi) is 4.16. The van der Waals surface area contributed by atoms with Crippen molar-refractivity contribution in [3.05, 3.63) is 24.9 Å². The number of carbonyl (C=O) groups excluding carboxylic acids is 2. The number of nitrogens with zero attached hydrogens (tertiary/aromatic N) is 1. The number of rotatable bonds is 3. The van der Waals surface area contributed by atoms with Crippen LogP contribution in [0.1, 0.15) is 26.2 Å². The highest BCUT2D eigenvalue weighted by molar-refractivity contribution is 6.05. The molecule has 0 radical (unpaired) electrons. The Bertz CT molecular complexity index is 324. The lowest BCUT2D eigenvalue weighted by Crippen LogP contribution is -2.26. The summed E-state index contributed by atoms with van der Waals surface area (Å²) in [5.41, 5.74) is 0.842. The quantitative estimate of drug-likeness (QED) is 0.402. The van der Waals surface area contributed by atoms with Crippen molar-refractivity contribution in [2.24, 2.45) is 10.9 Å². The van der Waals surface area contributed by atoms with Crippen molar-refractivity contribution < 1.29 is 9.59 Å². The highest BCUT2D eigenvalue weighted by Gasteiger charge is 2.26. The number of aliphatic imine (C=N–C) groups is 1. The van der Waals surface area contributed by atoms with Gasteiger partial charge >= 0.3 is 0 Å². The maximum atomic E-state index is 11.2. The highest BCUT2D eigenvalue weighted by atomic mass is 16.1. The second-order valence-electron chi connectivity index (χ2n) is 3.71. The van der Waals surface area contributed by atoms with Crippen LogP contribution in [0.2, 0.25) is 0 Å². The largest absolute Gasteiger partial charge is 0.299 e. The number of Topliss-reactive ketones (excluding diaryl/α,β-unsaturated/α-hetero) is 2. The van der Waals surface area contributed by atoms with Gasteiger partial charge in [0.15, 0.2) is 0 Å². The van der Waals surface area contributed by atoms with Gasteiger partial charge in [0.1, 0.15) is 11.6 Å². The Morgan fingerprint density at radius 1 is 1.40 bits per heavy atom. The Morgan fingerprint density at radius 3 is 2.53 bits per heavy atom. The van der Waals surface area contributed by atoms with E-state index >= 15 is 0 Å². The zero-order valence-electron chi connectivity index (χ0n) is 8.90. The van der Waals surface area contributed by atoms with Crippen LogP contribution in [-0.4, -0.2) is 17.3 Å². The van der Waals surface area contributed by atoms with Gasteiger partial charge in [0, 0.05) is 30.7 Å². The van der Waals surface area contributed by atoms with E-state index in [1.807, 2.05) is 6.92 Å². The summed E-state index contributed by atoms with van der Waals surface area (Å²) in [6.45, 7) is 5.38. The predicted molar refractivity (Wildman–Crippen MR) is 59.8 cm³/mol. The molecule has 3 nitrogen and oxygen atoms in total. The molecule has 0 aromatic carbocycles. The minimum atomic E-state index is -0.00628.